The molecule has 0 aromatic carbocycles. The highest BCUT2D eigenvalue weighted by Crippen LogP contribution is 2.34. The second-order valence-electron chi connectivity index (χ2n) is 5.05. The first-order valence-electron chi connectivity index (χ1n) is 6.15. The Labute approximate surface area is 96.1 Å². The Bertz CT molecular complexity index is 328. The minimum absolute atomic E-state index is 0.313. The van der Waals surface area contributed by atoms with Gasteiger partial charge in [0.1, 0.15) is 0 Å². The SMILES string of the molecule is CC(C)c1noc(C2CCC(CO)CC2)n1. The maximum atomic E-state index is 9.07. The third-order valence-electron chi connectivity index (χ3n) is 3.43. The average molecular weight is 224 g/mol. The predicted molar refractivity (Wildman–Crippen MR) is 60.2 cm³/mol. The van der Waals surface area contributed by atoms with E-state index in [4.69, 9.17) is 9.63 Å². The summed E-state index contributed by atoms with van der Waals surface area (Å²) in [5.41, 5.74) is 0. The van der Waals surface area contributed by atoms with Crippen LogP contribution >= 0.6 is 0 Å². The van der Waals surface area contributed by atoms with Crippen LogP contribution in [0.4, 0.5) is 0 Å². The quantitative estimate of drug-likeness (QED) is 0.856. The number of hydrogen-bond donors (Lipinski definition) is 1. The monoisotopic (exact) mass is 224 g/mol. The first kappa shape index (κ1) is 11.6. The van der Waals surface area contributed by atoms with E-state index in [0.717, 1.165) is 37.4 Å². The number of aliphatic hydroxyl groups excluding tert-OH is 1. The van der Waals surface area contributed by atoms with Gasteiger partial charge in [-0.25, -0.2) is 0 Å². The molecule has 1 aromatic heterocycles. The summed E-state index contributed by atoms with van der Waals surface area (Å²) in [4.78, 5) is 4.44. The van der Waals surface area contributed by atoms with Crippen LogP contribution in [0.1, 0.15) is 63.1 Å². The van der Waals surface area contributed by atoms with Gasteiger partial charge in [-0.1, -0.05) is 19.0 Å². The molecule has 0 amide bonds. The third-order valence-corrected chi connectivity index (χ3v) is 3.43. The van der Waals surface area contributed by atoms with E-state index in [-0.39, 0.29) is 0 Å². The summed E-state index contributed by atoms with van der Waals surface area (Å²) >= 11 is 0. The van der Waals surface area contributed by atoms with E-state index < -0.39 is 0 Å². The van der Waals surface area contributed by atoms with Crippen LogP contribution < -0.4 is 0 Å². The lowest BCUT2D eigenvalue weighted by molar-refractivity contribution is 0.174. The van der Waals surface area contributed by atoms with Gasteiger partial charge >= 0.3 is 0 Å². The Morgan fingerprint density at radius 1 is 1.31 bits per heavy atom. The molecule has 0 spiro atoms. The molecule has 1 aliphatic rings. The largest absolute Gasteiger partial charge is 0.396 e. The van der Waals surface area contributed by atoms with Gasteiger partial charge in [0.05, 0.1) is 0 Å². The number of nitrogens with zero attached hydrogens (tertiary/aromatic N) is 2. The maximum absolute atomic E-state index is 9.07. The number of aliphatic hydroxyl groups is 1. The fraction of sp³-hybridized carbons (Fsp3) is 0.833. The van der Waals surface area contributed by atoms with Crippen LogP contribution in [0.2, 0.25) is 0 Å². The fourth-order valence-corrected chi connectivity index (χ4v) is 2.24. The molecule has 2 rings (SSSR count). The predicted octanol–water partition coefficient (Wildman–Crippen LogP) is 2.46. The van der Waals surface area contributed by atoms with Crippen LogP contribution in [0.25, 0.3) is 0 Å². The van der Waals surface area contributed by atoms with E-state index in [0.29, 0.717) is 24.4 Å². The van der Waals surface area contributed by atoms with Crippen molar-refractivity contribution in [3.8, 4) is 0 Å². The Kier molecular flexibility index (Phi) is 3.59. The summed E-state index contributed by atoms with van der Waals surface area (Å²) in [5, 5.41) is 13.1. The zero-order chi connectivity index (χ0) is 11.5. The minimum atomic E-state index is 0.313. The highest BCUT2D eigenvalue weighted by atomic mass is 16.5. The molecule has 0 aliphatic heterocycles. The smallest absolute Gasteiger partial charge is 0.229 e. The van der Waals surface area contributed by atoms with Gasteiger partial charge in [0.15, 0.2) is 5.82 Å². The van der Waals surface area contributed by atoms with Crippen molar-refractivity contribution in [2.75, 3.05) is 6.61 Å². The highest BCUT2D eigenvalue weighted by molar-refractivity contribution is 4.98. The molecule has 90 valence electrons. The highest BCUT2D eigenvalue weighted by Gasteiger charge is 2.26. The molecule has 0 radical (unpaired) electrons. The number of rotatable bonds is 3. The van der Waals surface area contributed by atoms with E-state index in [2.05, 4.69) is 24.0 Å². The van der Waals surface area contributed by atoms with Crippen molar-refractivity contribution in [2.24, 2.45) is 5.92 Å². The van der Waals surface area contributed by atoms with Crippen molar-refractivity contribution >= 4 is 0 Å². The van der Waals surface area contributed by atoms with Gasteiger partial charge in [-0.2, -0.15) is 4.98 Å². The molecule has 0 saturated heterocycles. The van der Waals surface area contributed by atoms with E-state index in [1.165, 1.54) is 0 Å². The Morgan fingerprint density at radius 3 is 2.50 bits per heavy atom. The lowest BCUT2D eigenvalue weighted by atomic mass is 9.82. The summed E-state index contributed by atoms with van der Waals surface area (Å²) in [6.45, 7) is 4.45. The van der Waals surface area contributed by atoms with Crippen LogP contribution in [0, 0.1) is 5.92 Å². The van der Waals surface area contributed by atoms with Gasteiger partial charge in [0.25, 0.3) is 0 Å². The average Bonchev–Trinajstić information content (AvgIpc) is 2.78. The van der Waals surface area contributed by atoms with Crippen LogP contribution in [0.5, 0.6) is 0 Å². The Morgan fingerprint density at radius 2 is 2.00 bits per heavy atom. The molecule has 1 N–H and O–H groups in total. The van der Waals surface area contributed by atoms with E-state index in [1.54, 1.807) is 0 Å². The molecule has 0 unspecified atom stereocenters. The Balaban J connectivity index is 1.97. The second-order valence-corrected chi connectivity index (χ2v) is 5.05. The standard InChI is InChI=1S/C12H20N2O2/c1-8(2)11-13-12(16-14-11)10-5-3-9(7-15)4-6-10/h8-10,15H,3-7H2,1-2H3. The zero-order valence-corrected chi connectivity index (χ0v) is 10.0. The molecule has 0 bridgehead atoms. The van der Waals surface area contributed by atoms with Crippen LogP contribution in [0.3, 0.4) is 0 Å². The van der Waals surface area contributed by atoms with Crippen molar-refractivity contribution in [1.82, 2.24) is 10.1 Å². The van der Waals surface area contributed by atoms with Crippen molar-refractivity contribution in [3.05, 3.63) is 11.7 Å². The third kappa shape index (κ3) is 2.43. The molecule has 4 heteroatoms. The van der Waals surface area contributed by atoms with Gasteiger partial charge in [-0.05, 0) is 31.6 Å². The second kappa shape index (κ2) is 4.95. The molecule has 1 aliphatic carbocycles. The molecule has 16 heavy (non-hydrogen) atoms. The van der Waals surface area contributed by atoms with Crippen molar-refractivity contribution < 1.29 is 9.63 Å². The van der Waals surface area contributed by atoms with E-state index >= 15 is 0 Å². The summed E-state index contributed by atoms with van der Waals surface area (Å²) in [5.74, 6) is 2.80. The molecule has 0 atom stereocenters. The summed E-state index contributed by atoms with van der Waals surface area (Å²) < 4.78 is 5.31. The lowest BCUT2D eigenvalue weighted by Crippen LogP contribution is -2.16. The zero-order valence-electron chi connectivity index (χ0n) is 10.0. The summed E-state index contributed by atoms with van der Waals surface area (Å²) in [6, 6.07) is 0. The number of aromatic nitrogens is 2. The first-order valence-corrected chi connectivity index (χ1v) is 6.15. The van der Waals surface area contributed by atoms with Crippen molar-refractivity contribution in [3.63, 3.8) is 0 Å². The topological polar surface area (TPSA) is 59.2 Å². The van der Waals surface area contributed by atoms with Crippen molar-refractivity contribution in [1.29, 1.82) is 0 Å². The number of hydrogen-bond acceptors (Lipinski definition) is 4. The summed E-state index contributed by atoms with van der Waals surface area (Å²) in [7, 11) is 0. The molecule has 1 fully saturated rings. The van der Waals surface area contributed by atoms with E-state index in [1.807, 2.05) is 0 Å². The first-order chi connectivity index (χ1) is 7.70. The summed E-state index contributed by atoms with van der Waals surface area (Å²) in [6.07, 6.45) is 4.26. The van der Waals surface area contributed by atoms with Crippen LogP contribution in [0.15, 0.2) is 4.52 Å². The van der Waals surface area contributed by atoms with Gasteiger partial charge in [0, 0.05) is 18.4 Å². The normalized spacial score (nSPS) is 26.2. The molecular formula is C12H20N2O2. The molecule has 4 nitrogen and oxygen atoms in total. The lowest BCUT2D eigenvalue weighted by Gasteiger charge is -2.24. The fourth-order valence-electron chi connectivity index (χ4n) is 2.24. The van der Waals surface area contributed by atoms with Crippen molar-refractivity contribution in [2.45, 2.75) is 51.4 Å². The minimum Gasteiger partial charge on any atom is -0.396 e. The van der Waals surface area contributed by atoms with Gasteiger partial charge in [-0.3, -0.25) is 0 Å². The Hall–Kier alpha value is -0.900. The van der Waals surface area contributed by atoms with Gasteiger partial charge in [-0.15, -0.1) is 0 Å². The molecule has 1 heterocycles. The molecular weight excluding hydrogens is 204 g/mol. The van der Waals surface area contributed by atoms with Crippen LogP contribution in [-0.2, 0) is 0 Å². The van der Waals surface area contributed by atoms with E-state index in [9.17, 15) is 0 Å². The van der Waals surface area contributed by atoms with Gasteiger partial charge in [0.2, 0.25) is 5.89 Å². The van der Waals surface area contributed by atoms with Gasteiger partial charge < -0.3 is 9.63 Å². The molecule has 1 aromatic rings. The maximum Gasteiger partial charge on any atom is 0.229 e. The van der Waals surface area contributed by atoms with Crippen LogP contribution in [-0.4, -0.2) is 21.9 Å². The molecule has 1 saturated carbocycles.